The lowest BCUT2D eigenvalue weighted by molar-refractivity contribution is 0.101. The number of rotatable bonds is 8. The van der Waals surface area contributed by atoms with Crippen LogP contribution in [0.1, 0.15) is 28.4 Å². The summed E-state index contributed by atoms with van der Waals surface area (Å²) in [6, 6.07) is 11.5. The molecular formula is C20H22O4. The third-order valence-corrected chi connectivity index (χ3v) is 3.67. The van der Waals surface area contributed by atoms with Gasteiger partial charge in [0, 0.05) is 11.6 Å². The molecule has 4 heteroatoms. The predicted octanol–water partition coefficient (Wildman–Crippen LogP) is 4.21. The minimum Gasteiger partial charge on any atom is -0.496 e. The highest BCUT2D eigenvalue weighted by Gasteiger charge is 2.22. The van der Waals surface area contributed by atoms with Crippen LogP contribution in [0.2, 0.25) is 0 Å². The molecule has 2 aromatic carbocycles. The van der Waals surface area contributed by atoms with E-state index in [0.29, 0.717) is 35.8 Å². The van der Waals surface area contributed by atoms with Gasteiger partial charge in [0.1, 0.15) is 12.4 Å². The van der Waals surface area contributed by atoms with E-state index in [4.69, 9.17) is 14.2 Å². The number of ether oxygens (including phenoxy) is 3. The first kappa shape index (κ1) is 17.6. The average Bonchev–Trinajstić information content (AvgIpc) is 2.60. The fourth-order valence-electron chi connectivity index (χ4n) is 2.59. The van der Waals surface area contributed by atoms with Crippen molar-refractivity contribution in [3.8, 4) is 17.2 Å². The fourth-order valence-corrected chi connectivity index (χ4v) is 2.59. The van der Waals surface area contributed by atoms with Gasteiger partial charge in [0.05, 0.1) is 19.8 Å². The second-order valence-corrected chi connectivity index (χ2v) is 5.29. The molecule has 0 aliphatic heterocycles. The lowest BCUT2D eigenvalue weighted by Crippen LogP contribution is -2.08. The monoisotopic (exact) mass is 326 g/mol. The van der Waals surface area contributed by atoms with Crippen LogP contribution in [0.4, 0.5) is 0 Å². The maximum absolute atomic E-state index is 12.1. The van der Waals surface area contributed by atoms with Gasteiger partial charge in [-0.05, 0) is 18.9 Å². The van der Waals surface area contributed by atoms with Crippen LogP contribution >= 0.6 is 0 Å². The van der Waals surface area contributed by atoms with E-state index in [2.05, 4.69) is 6.58 Å². The van der Waals surface area contributed by atoms with Gasteiger partial charge in [-0.15, -0.1) is 6.58 Å². The van der Waals surface area contributed by atoms with Crippen LogP contribution in [-0.4, -0.2) is 20.0 Å². The maximum atomic E-state index is 12.1. The molecule has 0 radical (unpaired) electrons. The van der Waals surface area contributed by atoms with Crippen molar-refractivity contribution >= 4 is 5.78 Å². The molecule has 0 heterocycles. The Bertz CT molecular complexity index is 720. The van der Waals surface area contributed by atoms with Gasteiger partial charge < -0.3 is 14.2 Å². The third-order valence-electron chi connectivity index (χ3n) is 3.67. The fraction of sp³-hybridized carbons (Fsp3) is 0.250. The first-order chi connectivity index (χ1) is 11.6. The number of hydrogen-bond donors (Lipinski definition) is 0. The molecule has 0 atom stereocenters. The predicted molar refractivity (Wildman–Crippen MR) is 94.2 cm³/mol. The smallest absolute Gasteiger partial charge is 0.166 e. The highest BCUT2D eigenvalue weighted by molar-refractivity contribution is 5.99. The molecule has 0 bridgehead atoms. The number of benzene rings is 2. The lowest BCUT2D eigenvalue weighted by atomic mass is 9.98. The van der Waals surface area contributed by atoms with Gasteiger partial charge in [0.25, 0.3) is 0 Å². The zero-order chi connectivity index (χ0) is 17.5. The number of allylic oxidation sites excluding steroid dienone is 1. The minimum absolute atomic E-state index is 0.0871. The number of ketones is 1. The first-order valence-corrected chi connectivity index (χ1v) is 7.68. The standard InChI is InChI=1S/C20H22O4/c1-5-9-16-19(14(2)21)17(22-3)12-18(23-4)20(16)24-13-15-10-7-6-8-11-15/h5-8,10-12H,1,9,13H2,2-4H3. The summed E-state index contributed by atoms with van der Waals surface area (Å²) in [5.41, 5.74) is 2.26. The van der Waals surface area contributed by atoms with Crippen LogP contribution < -0.4 is 14.2 Å². The number of Topliss-reactive ketones (excluding diaryl/α,β-unsaturated/α-hetero) is 1. The Labute approximate surface area is 142 Å². The molecular weight excluding hydrogens is 304 g/mol. The van der Waals surface area contributed by atoms with E-state index >= 15 is 0 Å². The molecule has 0 N–H and O–H groups in total. The molecule has 2 aromatic rings. The Kier molecular flexibility index (Phi) is 6.01. The van der Waals surface area contributed by atoms with Crippen LogP contribution in [0.25, 0.3) is 0 Å². The highest BCUT2D eigenvalue weighted by Crippen LogP contribution is 2.40. The number of methoxy groups -OCH3 is 2. The summed E-state index contributed by atoms with van der Waals surface area (Å²) in [5.74, 6) is 1.47. The summed E-state index contributed by atoms with van der Waals surface area (Å²) in [6.07, 6.45) is 2.21. The van der Waals surface area contributed by atoms with Gasteiger partial charge >= 0.3 is 0 Å². The lowest BCUT2D eigenvalue weighted by Gasteiger charge is -2.19. The van der Waals surface area contributed by atoms with Crippen molar-refractivity contribution in [3.63, 3.8) is 0 Å². The molecule has 126 valence electrons. The molecule has 0 unspecified atom stereocenters. The second-order valence-electron chi connectivity index (χ2n) is 5.29. The van der Waals surface area contributed by atoms with E-state index in [1.807, 2.05) is 30.3 Å². The van der Waals surface area contributed by atoms with Crippen molar-refractivity contribution in [2.45, 2.75) is 20.0 Å². The van der Waals surface area contributed by atoms with E-state index in [9.17, 15) is 4.79 Å². The van der Waals surface area contributed by atoms with Crippen LogP contribution in [0.3, 0.4) is 0 Å². The van der Waals surface area contributed by atoms with Crippen molar-refractivity contribution in [1.29, 1.82) is 0 Å². The van der Waals surface area contributed by atoms with Gasteiger partial charge in [-0.25, -0.2) is 0 Å². The Morgan fingerprint density at radius 2 is 1.79 bits per heavy atom. The molecule has 0 saturated heterocycles. The molecule has 2 rings (SSSR count). The highest BCUT2D eigenvalue weighted by atomic mass is 16.5. The minimum atomic E-state index is -0.0871. The Balaban J connectivity index is 2.52. The number of carbonyl (C=O) groups excluding carboxylic acids is 1. The third kappa shape index (κ3) is 3.77. The van der Waals surface area contributed by atoms with Gasteiger partial charge in [0.15, 0.2) is 17.3 Å². The second kappa shape index (κ2) is 8.20. The van der Waals surface area contributed by atoms with Crippen molar-refractivity contribution in [2.24, 2.45) is 0 Å². The topological polar surface area (TPSA) is 44.8 Å². The van der Waals surface area contributed by atoms with Crippen molar-refractivity contribution in [2.75, 3.05) is 14.2 Å². The van der Waals surface area contributed by atoms with Gasteiger partial charge in [-0.1, -0.05) is 36.4 Å². The average molecular weight is 326 g/mol. The Hall–Kier alpha value is -2.75. The maximum Gasteiger partial charge on any atom is 0.166 e. The zero-order valence-corrected chi connectivity index (χ0v) is 14.3. The molecule has 0 amide bonds. The zero-order valence-electron chi connectivity index (χ0n) is 14.3. The Morgan fingerprint density at radius 1 is 1.12 bits per heavy atom. The van der Waals surface area contributed by atoms with E-state index in [1.165, 1.54) is 14.0 Å². The van der Waals surface area contributed by atoms with E-state index < -0.39 is 0 Å². The largest absolute Gasteiger partial charge is 0.496 e. The van der Waals surface area contributed by atoms with Crippen molar-refractivity contribution < 1.29 is 19.0 Å². The van der Waals surface area contributed by atoms with E-state index in [0.717, 1.165) is 11.1 Å². The summed E-state index contributed by atoms with van der Waals surface area (Å²) in [7, 11) is 3.10. The van der Waals surface area contributed by atoms with Crippen LogP contribution in [0, 0.1) is 0 Å². The van der Waals surface area contributed by atoms with Crippen LogP contribution in [0.5, 0.6) is 17.2 Å². The number of hydrogen-bond acceptors (Lipinski definition) is 4. The molecule has 4 nitrogen and oxygen atoms in total. The molecule has 0 spiro atoms. The SMILES string of the molecule is C=CCc1c(OCc2ccccc2)c(OC)cc(OC)c1C(C)=O. The van der Waals surface area contributed by atoms with E-state index in [-0.39, 0.29) is 5.78 Å². The van der Waals surface area contributed by atoms with Gasteiger partial charge in [-0.3, -0.25) is 4.79 Å². The van der Waals surface area contributed by atoms with Crippen molar-refractivity contribution in [1.82, 2.24) is 0 Å². The molecule has 0 aliphatic carbocycles. The molecule has 0 saturated carbocycles. The number of carbonyl (C=O) groups is 1. The van der Waals surface area contributed by atoms with Crippen LogP contribution in [-0.2, 0) is 13.0 Å². The van der Waals surface area contributed by atoms with E-state index in [1.54, 1.807) is 19.3 Å². The molecule has 0 fully saturated rings. The first-order valence-electron chi connectivity index (χ1n) is 7.68. The summed E-state index contributed by atoms with van der Waals surface area (Å²) < 4.78 is 16.8. The summed E-state index contributed by atoms with van der Waals surface area (Å²) >= 11 is 0. The van der Waals surface area contributed by atoms with Crippen LogP contribution in [0.15, 0.2) is 49.1 Å². The normalized spacial score (nSPS) is 10.1. The quantitative estimate of drug-likeness (QED) is 0.538. The van der Waals surface area contributed by atoms with Crippen molar-refractivity contribution in [3.05, 3.63) is 65.7 Å². The summed E-state index contributed by atoms with van der Waals surface area (Å²) in [6.45, 7) is 5.67. The van der Waals surface area contributed by atoms with Gasteiger partial charge in [0.2, 0.25) is 0 Å². The molecule has 0 aliphatic rings. The Morgan fingerprint density at radius 3 is 2.33 bits per heavy atom. The van der Waals surface area contributed by atoms with Gasteiger partial charge in [-0.2, -0.15) is 0 Å². The summed E-state index contributed by atoms with van der Waals surface area (Å²) in [4.78, 5) is 12.1. The summed E-state index contributed by atoms with van der Waals surface area (Å²) in [5, 5.41) is 0. The molecule has 24 heavy (non-hydrogen) atoms. The molecule has 0 aromatic heterocycles.